The second-order valence-corrected chi connectivity index (χ2v) is 5.44. The second-order valence-electron chi connectivity index (χ2n) is 5.44. The van der Waals surface area contributed by atoms with Gasteiger partial charge in [0.25, 0.3) is 5.91 Å². The van der Waals surface area contributed by atoms with Gasteiger partial charge in [-0.25, -0.2) is 4.98 Å². The number of hydrogen-bond donors (Lipinski definition) is 1. The summed E-state index contributed by atoms with van der Waals surface area (Å²) in [6.45, 7) is 5.29. The number of fused-ring (bicyclic) bond motifs is 1. The van der Waals surface area contributed by atoms with E-state index in [4.69, 9.17) is 4.42 Å². The molecule has 22 heavy (non-hydrogen) atoms. The van der Waals surface area contributed by atoms with E-state index in [-0.39, 0.29) is 30.0 Å². The third kappa shape index (κ3) is 2.36. The minimum Gasteiger partial charge on any atom is -0.436 e. The molecule has 0 aliphatic carbocycles. The second kappa shape index (κ2) is 5.29. The first-order chi connectivity index (χ1) is 10.5. The number of nitrogens with zero attached hydrogens (tertiary/aromatic N) is 2. The average molecular weight is 299 g/mol. The molecule has 0 spiro atoms. The summed E-state index contributed by atoms with van der Waals surface area (Å²) < 4.78 is 5.45. The molecule has 0 saturated heterocycles. The Morgan fingerprint density at radius 2 is 2.09 bits per heavy atom. The number of nitrogens with one attached hydrogen (secondary N) is 1. The highest BCUT2D eigenvalue weighted by Crippen LogP contribution is 2.32. The van der Waals surface area contributed by atoms with Crippen LogP contribution in [0.25, 0.3) is 0 Å². The fourth-order valence-electron chi connectivity index (χ4n) is 2.74. The Morgan fingerprint density at radius 3 is 2.77 bits per heavy atom. The van der Waals surface area contributed by atoms with E-state index in [2.05, 4.69) is 10.3 Å². The first-order valence-electron chi connectivity index (χ1n) is 7.14. The van der Waals surface area contributed by atoms with Crippen LogP contribution in [-0.2, 0) is 4.79 Å². The highest BCUT2D eigenvalue weighted by atomic mass is 16.4. The first kappa shape index (κ1) is 14.3. The maximum absolute atomic E-state index is 12.9. The Bertz CT molecular complexity index is 751. The van der Waals surface area contributed by atoms with E-state index in [1.807, 2.05) is 25.1 Å². The summed E-state index contributed by atoms with van der Waals surface area (Å²) in [5, 5.41) is 2.83. The monoisotopic (exact) mass is 299 g/mol. The number of carbonyl (C=O) groups is 2. The molecule has 1 atom stereocenters. The number of hydrogen-bond acceptors (Lipinski definition) is 4. The smallest absolute Gasteiger partial charge is 0.296 e. The number of anilines is 2. The lowest BCUT2D eigenvalue weighted by Crippen LogP contribution is -2.39. The van der Waals surface area contributed by atoms with Crippen molar-refractivity contribution in [2.24, 2.45) is 0 Å². The van der Waals surface area contributed by atoms with Gasteiger partial charge < -0.3 is 14.6 Å². The lowest BCUT2D eigenvalue weighted by Gasteiger charge is -2.26. The van der Waals surface area contributed by atoms with Crippen molar-refractivity contribution in [2.45, 2.75) is 33.2 Å². The SMILES string of the molecule is Cc1nc(C)c(C(=O)N2c3ccccc3NC(=O)C[C@H]2C)o1. The van der Waals surface area contributed by atoms with E-state index in [1.54, 1.807) is 24.8 Å². The molecular formula is C16H17N3O3. The van der Waals surface area contributed by atoms with Crippen LogP contribution in [0.2, 0.25) is 0 Å². The molecule has 6 nitrogen and oxygen atoms in total. The summed E-state index contributed by atoms with van der Waals surface area (Å²) in [6.07, 6.45) is 0.229. The van der Waals surface area contributed by atoms with E-state index in [1.165, 1.54) is 0 Å². The molecule has 0 radical (unpaired) electrons. The number of amides is 2. The molecule has 1 aliphatic heterocycles. The largest absolute Gasteiger partial charge is 0.436 e. The fourth-order valence-corrected chi connectivity index (χ4v) is 2.74. The Labute approximate surface area is 128 Å². The van der Waals surface area contributed by atoms with Gasteiger partial charge in [0.15, 0.2) is 5.89 Å². The molecule has 0 bridgehead atoms. The number of benzene rings is 1. The lowest BCUT2D eigenvalue weighted by molar-refractivity contribution is -0.116. The first-order valence-corrected chi connectivity index (χ1v) is 7.14. The maximum Gasteiger partial charge on any atom is 0.296 e. The quantitative estimate of drug-likeness (QED) is 0.878. The van der Waals surface area contributed by atoms with Crippen molar-refractivity contribution in [3.8, 4) is 0 Å². The molecule has 3 rings (SSSR count). The molecule has 0 fully saturated rings. The number of aromatic nitrogens is 1. The molecule has 1 N–H and O–H groups in total. The summed E-state index contributed by atoms with van der Waals surface area (Å²) in [5.41, 5.74) is 1.84. The van der Waals surface area contributed by atoms with Crippen LogP contribution < -0.4 is 10.2 Å². The predicted octanol–water partition coefficient (Wildman–Crippen LogP) is 2.67. The van der Waals surface area contributed by atoms with E-state index >= 15 is 0 Å². The Morgan fingerprint density at radius 1 is 1.36 bits per heavy atom. The highest BCUT2D eigenvalue weighted by Gasteiger charge is 2.32. The zero-order valence-electron chi connectivity index (χ0n) is 12.7. The van der Waals surface area contributed by atoms with Crippen molar-refractivity contribution in [3.63, 3.8) is 0 Å². The summed E-state index contributed by atoms with van der Waals surface area (Å²) >= 11 is 0. The number of carbonyl (C=O) groups excluding carboxylic acids is 2. The van der Waals surface area contributed by atoms with Crippen LogP contribution in [0, 0.1) is 13.8 Å². The third-order valence-corrected chi connectivity index (χ3v) is 3.68. The molecule has 6 heteroatoms. The zero-order chi connectivity index (χ0) is 15.9. The van der Waals surface area contributed by atoms with Crippen molar-refractivity contribution >= 4 is 23.2 Å². The Kier molecular flexibility index (Phi) is 3.44. The van der Waals surface area contributed by atoms with Crippen LogP contribution in [0.15, 0.2) is 28.7 Å². The van der Waals surface area contributed by atoms with Crippen molar-refractivity contribution in [3.05, 3.63) is 41.6 Å². The summed E-state index contributed by atoms with van der Waals surface area (Å²) in [4.78, 5) is 30.6. The van der Waals surface area contributed by atoms with Gasteiger partial charge in [0.1, 0.15) is 0 Å². The molecular weight excluding hydrogens is 282 g/mol. The van der Waals surface area contributed by atoms with Gasteiger partial charge in [0.2, 0.25) is 11.7 Å². The van der Waals surface area contributed by atoms with Crippen molar-refractivity contribution in [2.75, 3.05) is 10.2 Å². The van der Waals surface area contributed by atoms with Crippen LogP contribution in [-0.4, -0.2) is 22.8 Å². The minimum atomic E-state index is -0.283. The molecule has 2 aromatic rings. The summed E-state index contributed by atoms with van der Waals surface area (Å²) in [5.74, 6) is 0.273. The van der Waals surface area contributed by atoms with Gasteiger partial charge in [-0.1, -0.05) is 12.1 Å². The van der Waals surface area contributed by atoms with Gasteiger partial charge in [0, 0.05) is 19.4 Å². The van der Waals surface area contributed by atoms with E-state index in [0.29, 0.717) is 23.0 Å². The molecule has 2 amide bonds. The van der Waals surface area contributed by atoms with E-state index < -0.39 is 0 Å². The van der Waals surface area contributed by atoms with Gasteiger partial charge in [-0.2, -0.15) is 0 Å². The molecule has 2 heterocycles. The van der Waals surface area contributed by atoms with Crippen LogP contribution in [0.3, 0.4) is 0 Å². The molecule has 114 valence electrons. The van der Waals surface area contributed by atoms with Gasteiger partial charge in [-0.15, -0.1) is 0 Å². The van der Waals surface area contributed by atoms with Gasteiger partial charge in [0.05, 0.1) is 17.1 Å². The highest BCUT2D eigenvalue weighted by molar-refractivity contribution is 6.10. The van der Waals surface area contributed by atoms with Gasteiger partial charge in [-0.3, -0.25) is 9.59 Å². The third-order valence-electron chi connectivity index (χ3n) is 3.68. The van der Waals surface area contributed by atoms with Crippen molar-refractivity contribution < 1.29 is 14.0 Å². The standard InChI is InChI=1S/C16H17N3O3/c1-9-8-14(20)18-12-6-4-5-7-13(12)19(9)16(21)15-10(2)17-11(3)22-15/h4-7,9H,8H2,1-3H3,(H,18,20)/t9-/m1/s1. The number of para-hydroxylation sites is 2. The molecule has 1 aromatic carbocycles. The Balaban J connectivity index is 2.10. The average Bonchev–Trinajstić information content (AvgIpc) is 2.72. The molecule has 1 aromatic heterocycles. The topological polar surface area (TPSA) is 75.4 Å². The lowest BCUT2D eigenvalue weighted by atomic mass is 10.1. The number of rotatable bonds is 1. The number of oxazole rings is 1. The predicted molar refractivity (Wildman–Crippen MR) is 81.9 cm³/mol. The molecule has 0 unspecified atom stereocenters. The molecule has 0 saturated carbocycles. The number of aryl methyl sites for hydroxylation is 2. The maximum atomic E-state index is 12.9. The van der Waals surface area contributed by atoms with Gasteiger partial charge >= 0.3 is 0 Å². The summed E-state index contributed by atoms with van der Waals surface area (Å²) in [7, 11) is 0. The van der Waals surface area contributed by atoms with Gasteiger partial charge in [-0.05, 0) is 26.0 Å². The van der Waals surface area contributed by atoms with Crippen LogP contribution in [0.1, 0.15) is 35.5 Å². The zero-order valence-corrected chi connectivity index (χ0v) is 12.7. The van der Waals surface area contributed by atoms with Crippen molar-refractivity contribution in [1.29, 1.82) is 0 Å². The van der Waals surface area contributed by atoms with E-state index in [9.17, 15) is 9.59 Å². The van der Waals surface area contributed by atoms with Crippen LogP contribution >= 0.6 is 0 Å². The Hall–Kier alpha value is -2.63. The summed E-state index contributed by atoms with van der Waals surface area (Å²) in [6, 6.07) is 6.97. The minimum absolute atomic E-state index is 0.110. The van der Waals surface area contributed by atoms with Crippen LogP contribution in [0.4, 0.5) is 11.4 Å². The van der Waals surface area contributed by atoms with E-state index in [0.717, 1.165) is 0 Å². The molecule has 1 aliphatic rings. The van der Waals surface area contributed by atoms with Crippen LogP contribution in [0.5, 0.6) is 0 Å². The van der Waals surface area contributed by atoms with Crippen molar-refractivity contribution in [1.82, 2.24) is 4.98 Å². The normalized spacial score (nSPS) is 17.7. The fraction of sp³-hybridized carbons (Fsp3) is 0.312.